The van der Waals surface area contributed by atoms with Crippen LogP contribution in [0.3, 0.4) is 0 Å². The van der Waals surface area contributed by atoms with Crippen LogP contribution in [0, 0.1) is 5.41 Å². The molecule has 11 heavy (non-hydrogen) atoms. The van der Waals surface area contributed by atoms with Crippen LogP contribution in [0.1, 0.15) is 5.69 Å². The molecule has 54 valence electrons. The molecular formula is C6H7ClKN3. The Morgan fingerprint density at radius 2 is 2.36 bits per heavy atom. The predicted molar refractivity (Wildman–Crippen MR) is 42.4 cm³/mol. The number of nitrogens with zero attached hydrogens (tertiary/aromatic N) is 1. The van der Waals surface area contributed by atoms with Gasteiger partial charge in [0.2, 0.25) is 0 Å². The van der Waals surface area contributed by atoms with E-state index < -0.39 is 0 Å². The van der Waals surface area contributed by atoms with Crippen molar-refractivity contribution in [2.24, 2.45) is 0 Å². The molecule has 0 spiro atoms. The Balaban J connectivity index is 0.000001000. The van der Waals surface area contributed by atoms with Gasteiger partial charge in [0.05, 0.1) is 5.69 Å². The molecule has 3 nitrogen and oxygen atoms in total. The van der Waals surface area contributed by atoms with Crippen LogP contribution in [0.4, 0.5) is 5.69 Å². The fourth-order valence-corrected chi connectivity index (χ4v) is 0.875. The average Bonchev–Trinajstić information content (AvgIpc) is 2.33. The Morgan fingerprint density at radius 3 is 2.73 bits per heavy atom. The van der Waals surface area contributed by atoms with Crippen molar-refractivity contribution in [1.82, 2.24) is 4.98 Å². The Kier molecular flexibility index (Phi) is 5.67. The summed E-state index contributed by atoms with van der Waals surface area (Å²) in [4.78, 5) is 2.81. The summed E-state index contributed by atoms with van der Waals surface area (Å²) in [5.41, 5.74) is 1.30. The van der Waals surface area contributed by atoms with E-state index in [0.29, 0.717) is 5.69 Å². The molecule has 0 aliphatic carbocycles. The zero-order chi connectivity index (χ0) is 7.56. The molecule has 0 unspecified atom stereocenters. The molecule has 0 amide bonds. The molecule has 0 radical (unpaired) electrons. The summed E-state index contributed by atoms with van der Waals surface area (Å²) in [7, 11) is 1.66. The molecule has 0 saturated heterocycles. The van der Waals surface area contributed by atoms with Gasteiger partial charge in [0.25, 0.3) is 0 Å². The van der Waals surface area contributed by atoms with Gasteiger partial charge in [-0.25, -0.2) is 0 Å². The Hall–Kier alpha value is 0.676. The third-order valence-electron chi connectivity index (χ3n) is 1.19. The van der Waals surface area contributed by atoms with Crippen molar-refractivity contribution < 1.29 is 51.4 Å². The molecule has 0 aliphatic heterocycles. The van der Waals surface area contributed by atoms with Crippen LogP contribution in [0.2, 0.25) is 0 Å². The number of halogens is 1. The second-order valence-electron chi connectivity index (χ2n) is 1.78. The maximum Gasteiger partial charge on any atom is 1.00 e. The van der Waals surface area contributed by atoms with Crippen molar-refractivity contribution in [3.8, 4) is 0 Å². The van der Waals surface area contributed by atoms with Gasteiger partial charge in [-0.3, -0.25) is 5.41 Å². The molecule has 1 aromatic heterocycles. The first kappa shape index (κ1) is 11.7. The maximum absolute atomic E-state index is 7.07. The summed E-state index contributed by atoms with van der Waals surface area (Å²) in [6.45, 7) is 0. The third-order valence-corrected chi connectivity index (χ3v) is 1.37. The van der Waals surface area contributed by atoms with Crippen LogP contribution in [0.5, 0.6) is 0 Å². The van der Waals surface area contributed by atoms with E-state index in [-0.39, 0.29) is 56.6 Å². The number of H-pyrrole nitrogens is 1. The van der Waals surface area contributed by atoms with Crippen LogP contribution < -0.4 is 51.4 Å². The van der Waals surface area contributed by atoms with Crippen LogP contribution in [-0.2, 0) is 0 Å². The molecule has 0 fully saturated rings. The van der Waals surface area contributed by atoms with Gasteiger partial charge in [-0.1, -0.05) is 17.7 Å². The molecule has 1 aromatic rings. The van der Waals surface area contributed by atoms with Crippen molar-refractivity contribution >= 4 is 22.5 Å². The zero-order valence-corrected chi connectivity index (χ0v) is 10.4. The molecule has 1 rings (SSSR count). The topological polar surface area (TPSA) is 53.7 Å². The summed E-state index contributed by atoms with van der Waals surface area (Å²) < 4.78 is 0. The molecule has 1 heterocycles. The van der Waals surface area contributed by atoms with Crippen molar-refractivity contribution in [3.05, 3.63) is 23.3 Å². The van der Waals surface area contributed by atoms with Gasteiger partial charge >= 0.3 is 51.4 Å². The Bertz CT molecular complexity index is 246. The summed E-state index contributed by atoms with van der Waals surface area (Å²) in [6, 6.07) is 1.77. The standard InChI is InChI=1S/C6H7ClN3.K/c1-9-4-2-3-10-5(4)6(7)8;/h2-3,8,10H,1H3;/q-1;+1. The molecule has 0 saturated carbocycles. The second kappa shape index (κ2) is 5.34. The van der Waals surface area contributed by atoms with Crippen LogP contribution in [0.15, 0.2) is 12.3 Å². The molecule has 0 aromatic carbocycles. The van der Waals surface area contributed by atoms with Crippen molar-refractivity contribution in [3.63, 3.8) is 0 Å². The molecule has 0 aliphatic rings. The van der Waals surface area contributed by atoms with Gasteiger partial charge in [-0.2, -0.15) is 0 Å². The smallest absolute Gasteiger partial charge is 0.685 e. The van der Waals surface area contributed by atoms with Gasteiger partial charge in [0, 0.05) is 0 Å². The number of aromatic nitrogens is 1. The van der Waals surface area contributed by atoms with Crippen molar-refractivity contribution in [1.29, 1.82) is 5.41 Å². The average molecular weight is 196 g/mol. The van der Waals surface area contributed by atoms with E-state index in [1.807, 2.05) is 0 Å². The molecule has 5 heteroatoms. The van der Waals surface area contributed by atoms with Gasteiger partial charge in [0.1, 0.15) is 5.17 Å². The van der Waals surface area contributed by atoms with Crippen molar-refractivity contribution in [2.75, 3.05) is 7.05 Å². The molecule has 0 bridgehead atoms. The number of hydrogen-bond donors (Lipinski definition) is 2. The number of hydrogen-bond acceptors (Lipinski definition) is 1. The minimum absolute atomic E-state index is 0. The first-order chi connectivity index (χ1) is 4.75. The van der Waals surface area contributed by atoms with Gasteiger partial charge in [-0.05, 0) is 6.20 Å². The zero-order valence-electron chi connectivity index (χ0n) is 6.48. The first-order valence-electron chi connectivity index (χ1n) is 2.77. The van der Waals surface area contributed by atoms with Gasteiger partial charge in [-0.15, -0.1) is 12.7 Å². The van der Waals surface area contributed by atoms with Gasteiger partial charge in [0.15, 0.2) is 0 Å². The van der Waals surface area contributed by atoms with E-state index in [2.05, 4.69) is 10.3 Å². The van der Waals surface area contributed by atoms with E-state index in [0.717, 1.165) is 5.69 Å². The van der Waals surface area contributed by atoms with Gasteiger partial charge < -0.3 is 10.3 Å². The van der Waals surface area contributed by atoms with Crippen LogP contribution >= 0.6 is 11.6 Å². The maximum atomic E-state index is 7.07. The predicted octanol–water partition coefficient (Wildman–Crippen LogP) is -0.782. The number of rotatable bonds is 2. The van der Waals surface area contributed by atoms with E-state index in [9.17, 15) is 0 Å². The fraction of sp³-hybridized carbons (Fsp3) is 0.167. The normalized spacial score (nSPS) is 8.55. The van der Waals surface area contributed by atoms with Crippen LogP contribution in [-0.4, -0.2) is 17.2 Å². The summed E-state index contributed by atoms with van der Waals surface area (Å²) in [6.07, 6.45) is 1.70. The molecule has 2 N–H and O–H groups in total. The Morgan fingerprint density at radius 1 is 1.73 bits per heavy atom. The first-order valence-corrected chi connectivity index (χ1v) is 3.15. The summed E-state index contributed by atoms with van der Waals surface area (Å²) >= 11 is 5.42. The number of aromatic amines is 1. The van der Waals surface area contributed by atoms with E-state index in [4.69, 9.17) is 17.0 Å². The summed E-state index contributed by atoms with van der Waals surface area (Å²) in [5, 5.41) is 11.0. The monoisotopic (exact) mass is 195 g/mol. The van der Waals surface area contributed by atoms with Crippen LogP contribution in [0.25, 0.3) is 5.32 Å². The van der Waals surface area contributed by atoms with E-state index in [1.165, 1.54) is 0 Å². The largest absolute Gasteiger partial charge is 1.00 e. The molecular weight excluding hydrogens is 189 g/mol. The second-order valence-corrected chi connectivity index (χ2v) is 2.15. The number of nitrogens with one attached hydrogen (secondary N) is 2. The SMILES string of the molecule is C[N-]c1cc[nH]c1C(=N)Cl.[K+]. The Labute approximate surface area is 113 Å². The van der Waals surface area contributed by atoms with E-state index >= 15 is 0 Å². The minimum atomic E-state index is -0.00870. The fourth-order valence-electron chi connectivity index (χ4n) is 0.723. The quantitative estimate of drug-likeness (QED) is 0.460. The van der Waals surface area contributed by atoms with Crippen molar-refractivity contribution in [2.45, 2.75) is 0 Å². The molecule has 0 atom stereocenters. The van der Waals surface area contributed by atoms with E-state index in [1.54, 1.807) is 19.3 Å². The third kappa shape index (κ3) is 2.89. The summed E-state index contributed by atoms with van der Waals surface area (Å²) in [5.74, 6) is 0. The minimum Gasteiger partial charge on any atom is -0.685 e.